The number of benzene rings is 1. The summed E-state index contributed by atoms with van der Waals surface area (Å²) in [6.45, 7) is 4.19. The number of ether oxygens (including phenoxy) is 1. The first-order valence-corrected chi connectivity index (χ1v) is 8.77. The van der Waals surface area contributed by atoms with Crippen LogP contribution in [0.2, 0.25) is 0 Å². The standard InChI is InChI=1S/C19H22FN3O3/c1-11-7-15-16(21-22(3)17(15)12(2)26-11)18(24)23-9-19(25,10-23)13-5-4-6-14(20)8-13/h4-6,8,11-12,25H,7,9-10H2,1-3H3/t11-,12+/m1/s1. The smallest absolute Gasteiger partial charge is 0.274 e. The number of rotatable bonds is 2. The monoisotopic (exact) mass is 359 g/mol. The number of hydrogen-bond donors (Lipinski definition) is 1. The average molecular weight is 359 g/mol. The molecule has 138 valence electrons. The number of fused-ring (bicyclic) bond motifs is 1. The predicted octanol–water partition coefficient (Wildman–Crippen LogP) is 1.93. The number of halogens is 1. The first-order chi connectivity index (χ1) is 12.3. The Morgan fingerprint density at radius 2 is 2.12 bits per heavy atom. The van der Waals surface area contributed by atoms with Crippen molar-refractivity contribution in [1.29, 1.82) is 0 Å². The molecule has 0 saturated carbocycles. The number of amides is 1. The zero-order valence-electron chi connectivity index (χ0n) is 15.1. The van der Waals surface area contributed by atoms with Crippen molar-refractivity contribution in [1.82, 2.24) is 14.7 Å². The Balaban J connectivity index is 1.57. The van der Waals surface area contributed by atoms with Crippen LogP contribution in [0, 0.1) is 5.82 Å². The van der Waals surface area contributed by atoms with Gasteiger partial charge in [-0.3, -0.25) is 9.48 Å². The fourth-order valence-electron chi connectivity index (χ4n) is 4.05. The fourth-order valence-corrected chi connectivity index (χ4v) is 4.05. The first-order valence-electron chi connectivity index (χ1n) is 8.77. The summed E-state index contributed by atoms with van der Waals surface area (Å²) in [4.78, 5) is 14.5. The van der Waals surface area contributed by atoms with Crippen molar-refractivity contribution in [3.05, 3.63) is 52.6 Å². The van der Waals surface area contributed by atoms with E-state index in [0.29, 0.717) is 17.7 Å². The molecule has 7 heteroatoms. The highest BCUT2D eigenvalue weighted by atomic mass is 19.1. The highest BCUT2D eigenvalue weighted by Gasteiger charge is 2.46. The molecule has 2 atom stereocenters. The number of aliphatic hydroxyl groups is 1. The molecule has 2 aromatic rings. The van der Waals surface area contributed by atoms with Crippen LogP contribution in [-0.4, -0.2) is 44.9 Å². The van der Waals surface area contributed by atoms with E-state index in [9.17, 15) is 14.3 Å². The molecule has 2 aliphatic rings. The third kappa shape index (κ3) is 2.62. The molecule has 1 amide bonds. The van der Waals surface area contributed by atoms with Crippen LogP contribution in [0.3, 0.4) is 0 Å². The molecule has 4 rings (SSSR count). The van der Waals surface area contributed by atoms with Crippen molar-refractivity contribution in [3.63, 3.8) is 0 Å². The van der Waals surface area contributed by atoms with Crippen LogP contribution in [0.5, 0.6) is 0 Å². The van der Waals surface area contributed by atoms with Gasteiger partial charge >= 0.3 is 0 Å². The van der Waals surface area contributed by atoms with Gasteiger partial charge in [0.15, 0.2) is 5.69 Å². The van der Waals surface area contributed by atoms with Gasteiger partial charge in [-0.25, -0.2) is 4.39 Å². The topological polar surface area (TPSA) is 67.6 Å². The van der Waals surface area contributed by atoms with Crippen molar-refractivity contribution < 1.29 is 19.0 Å². The van der Waals surface area contributed by atoms with Crippen LogP contribution in [0.1, 0.15) is 47.3 Å². The highest BCUT2D eigenvalue weighted by Crippen LogP contribution is 2.36. The second-order valence-corrected chi connectivity index (χ2v) is 7.33. The van der Waals surface area contributed by atoms with Gasteiger partial charge in [0.2, 0.25) is 0 Å². The number of nitrogens with zero attached hydrogens (tertiary/aromatic N) is 3. The quantitative estimate of drug-likeness (QED) is 0.890. The molecular weight excluding hydrogens is 337 g/mol. The molecule has 1 N–H and O–H groups in total. The number of likely N-dealkylation sites (tertiary alicyclic amines) is 1. The summed E-state index contributed by atoms with van der Waals surface area (Å²) in [5.74, 6) is -0.605. The summed E-state index contributed by atoms with van der Waals surface area (Å²) in [7, 11) is 1.81. The molecular formula is C19H22FN3O3. The van der Waals surface area contributed by atoms with Gasteiger partial charge in [-0.15, -0.1) is 0 Å². The van der Waals surface area contributed by atoms with Gasteiger partial charge in [0.25, 0.3) is 5.91 Å². The van der Waals surface area contributed by atoms with Crippen molar-refractivity contribution in [2.24, 2.45) is 7.05 Å². The van der Waals surface area contributed by atoms with Gasteiger partial charge in [-0.2, -0.15) is 5.10 Å². The van der Waals surface area contributed by atoms with Crippen LogP contribution < -0.4 is 0 Å². The highest BCUT2D eigenvalue weighted by molar-refractivity contribution is 5.95. The van der Waals surface area contributed by atoms with E-state index in [1.165, 1.54) is 12.1 Å². The minimum absolute atomic E-state index is 0.0221. The van der Waals surface area contributed by atoms with Gasteiger partial charge in [-0.1, -0.05) is 12.1 Å². The van der Waals surface area contributed by atoms with Crippen molar-refractivity contribution in [2.75, 3.05) is 13.1 Å². The largest absolute Gasteiger partial charge is 0.381 e. The summed E-state index contributed by atoms with van der Waals surface area (Å²) in [6, 6.07) is 5.88. The normalized spacial score (nSPS) is 24.1. The third-order valence-corrected chi connectivity index (χ3v) is 5.26. The molecule has 1 aromatic heterocycles. The van der Waals surface area contributed by atoms with E-state index in [0.717, 1.165) is 11.3 Å². The van der Waals surface area contributed by atoms with Crippen LogP contribution in [-0.2, 0) is 23.8 Å². The second-order valence-electron chi connectivity index (χ2n) is 7.33. The second kappa shape index (κ2) is 5.89. The molecule has 0 spiro atoms. The van der Waals surface area contributed by atoms with E-state index < -0.39 is 11.4 Å². The van der Waals surface area contributed by atoms with Gasteiger partial charge in [0.1, 0.15) is 11.4 Å². The number of aryl methyl sites for hydroxylation is 1. The molecule has 0 bridgehead atoms. The summed E-state index contributed by atoms with van der Waals surface area (Å²) < 4.78 is 21.0. The SMILES string of the molecule is C[C@@H]1Cc2c(C(=O)N3CC(O)(c4cccc(F)c4)C3)nn(C)c2[C@H](C)O1. The fraction of sp³-hybridized carbons (Fsp3) is 0.474. The minimum atomic E-state index is -1.21. The van der Waals surface area contributed by atoms with Crippen molar-refractivity contribution >= 4 is 5.91 Å². The molecule has 1 fully saturated rings. The van der Waals surface area contributed by atoms with Gasteiger partial charge in [0, 0.05) is 19.0 Å². The van der Waals surface area contributed by atoms with E-state index in [1.807, 2.05) is 20.9 Å². The Hall–Kier alpha value is -2.25. The van der Waals surface area contributed by atoms with E-state index in [4.69, 9.17) is 4.74 Å². The van der Waals surface area contributed by atoms with Crippen LogP contribution in [0.15, 0.2) is 24.3 Å². The predicted molar refractivity (Wildman–Crippen MR) is 92.1 cm³/mol. The zero-order chi connectivity index (χ0) is 18.6. The Labute approximate surface area is 151 Å². The van der Waals surface area contributed by atoms with Crippen molar-refractivity contribution in [3.8, 4) is 0 Å². The van der Waals surface area contributed by atoms with E-state index >= 15 is 0 Å². The summed E-state index contributed by atoms with van der Waals surface area (Å²) in [6.07, 6.45) is 0.540. The lowest BCUT2D eigenvalue weighted by atomic mass is 9.85. The number of β-amino-alcohol motifs (C(OH)–C–C–N with tert-alkyl or cyclic N) is 1. The molecule has 3 heterocycles. The lowest BCUT2D eigenvalue weighted by Gasteiger charge is -2.46. The number of carbonyl (C=O) groups is 1. The van der Waals surface area contributed by atoms with Crippen LogP contribution in [0.25, 0.3) is 0 Å². The van der Waals surface area contributed by atoms with Crippen LogP contribution >= 0.6 is 0 Å². The lowest BCUT2D eigenvalue weighted by molar-refractivity contribution is -0.0867. The Morgan fingerprint density at radius 1 is 1.38 bits per heavy atom. The molecule has 2 aliphatic heterocycles. The van der Waals surface area contributed by atoms with E-state index in [2.05, 4.69) is 5.10 Å². The van der Waals surface area contributed by atoms with Gasteiger partial charge < -0.3 is 14.7 Å². The van der Waals surface area contributed by atoms with E-state index in [1.54, 1.807) is 21.7 Å². The van der Waals surface area contributed by atoms with Crippen molar-refractivity contribution in [2.45, 2.75) is 38.1 Å². The summed E-state index contributed by atoms with van der Waals surface area (Å²) >= 11 is 0. The number of aromatic nitrogens is 2. The maximum atomic E-state index is 13.4. The number of carbonyl (C=O) groups excluding carboxylic acids is 1. The molecule has 1 aromatic carbocycles. The van der Waals surface area contributed by atoms with Gasteiger partial charge in [-0.05, 0) is 31.5 Å². The molecule has 1 saturated heterocycles. The molecule has 0 unspecified atom stereocenters. The Kier molecular flexibility index (Phi) is 3.89. The number of hydrogen-bond acceptors (Lipinski definition) is 4. The summed E-state index contributed by atoms with van der Waals surface area (Å²) in [5.41, 5.74) is 1.54. The summed E-state index contributed by atoms with van der Waals surface area (Å²) in [5, 5.41) is 15.1. The Morgan fingerprint density at radius 3 is 2.81 bits per heavy atom. The zero-order valence-corrected chi connectivity index (χ0v) is 15.1. The minimum Gasteiger partial charge on any atom is -0.381 e. The molecule has 0 radical (unpaired) electrons. The van der Waals surface area contributed by atoms with Gasteiger partial charge in [0.05, 0.1) is 31.0 Å². The maximum absolute atomic E-state index is 13.4. The molecule has 26 heavy (non-hydrogen) atoms. The molecule has 6 nitrogen and oxygen atoms in total. The first kappa shape index (κ1) is 17.2. The average Bonchev–Trinajstić information content (AvgIpc) is 2.88. The lowest BCUT2D eigenvalue weighted by Crippen LogP contribution is -2.61. The third-order valence-electron chi connectivity index (χ3n) is 5.26. The maximum Gasteiger partial charge on any atom is 0.274 e. The molecule has 0 aliphatic carbocycles. The van der Waals surface area contributed by atoms with Crippen LogP contribution in [0.4, 0.5) is 4.39 Å². The Bertz CT molecular complexity index is 873. The van der Waals surface area contributed by atoms with E-state index in [-0.39, 0.29) is 31.2 Å².